The number of carbonyl (C=O) groups is 1. The van der Waals surface area contributed by atoms with E-state index in [-0.39, 0.29) is 24.2 Å². The summed E-state index contributed by atoms with van der Waals surface area (Å²) in [6.07, 6.45) is 1.87. The van der Waals surface area contributed by atoms with E-state index in [0.717, 1.165) is 0 Å². The maximum Gasteiger partial charge on any atom is 0.160 e. The molecule has 0 amide bonds. The quantitative estimate of drug-likeness (QED) is 0.732. The number of hydrogen-bond acceptors (Lipinski definition) is 3. The van der Waals surface area contributed by atoms with Crippen molar-refractivity contribution in [2.24, 2.45) is 10.8 Å². The second kappa shape index (κ2) is 6.02. The molecule has 1 unspecified atom stereocenters. The van der Waals surface area contributed by atoms with Gasteiger partial charge in [-0.25, -0.2) is 0 Å². The van der Waals surface area contributed by atoms with Crippen LogP contribution in [0.15, 0.2) is 22.8 Å². The average molecular weight is 304 g/mol. The third kappa shape index (κ3) is 3.34. The Bertz CT molecular complexity index is 588. The number of allylic oxidation sites excluding steroid dienone is 2. The lowest BCUT2D eigenvalue weighted by Crippen LogP contribution is -2.51. The highest BCUT2D eigenvalue weighted by molar-refractivity contribution is 5.99. The standard InChI is InChI=1S/C19H28O3/c1-13(9-11-20)8-10-19(22)14(2)16(17(3,4)5)15(21)12-18(19,6)7/h9,20,22H,11-12H2,1-7H3/b13-9-. The number of Topliss-reactive ketones (excluding diaryl/α,β-unsaturated/α-hetero) is 1. The summed E-state index contributed by atoms with van der Waals surface area (Å²) in [5.74, 6) is 5.97. The molecule has 0 aliphatic heterocycles. The summed E-state index contributed by atoms with van der Waals surface area (Å²) < 4.78 is 0. The Morgan fingerprint density at radius 1 is 1.36 bits per heavy atom. The molecule has 0 radical (unpaired) electrons. The highest BCUT2D eigenvalue weighted by Gasteiger charge is 2.51. The third-order valence-electron chi connectivity index (χ3n) is 4.37. The Morgan fingerprint density at radius 3 is 2.36 bits per heavy atom. The van der Waals surface area contributed by atoms with Crippen LogP contribution in [0.1, 0.15) is 54.9 Å². The predicted molar refractivity (Wildman–Crippen MR) is 89.1 cm³/mol. The first-order valence-electron chi connectivity index (χ1n) is 7.65. The molecule has 0 spiro atoms. The fourth-order valence-electron chi connectivity index (χ4n) is 3.14. The molecule has 0 bridgehead atoms. The Hall–Kier alpha value is -1.37. The molecule has 0 aromatic heterocycles. The van der Waals surface area contributed by atoms with E-state index in [4.69, 9.17) is 5.11 Å². The number of hydrogen-bond donors (Lipinski definition) is 2. The predicted octanol–water partition coefficient (Wildman–Crippen LogP) is 3.02. The molecule has 1 aliphatic carbocycles. The van der Waals surface area contributed by atoms with Crippen molar-refractivity contribution < 1.29 is 15.0 Å². The van der Waals surface area contributed by atoms with E-state index >= 15 is 0 Å². The Balaban J connectivity index is 3.56. The van der Waals surface area contributed by atoms with Crippen molar-refractivity contribution in [3.05, 3.63) is 22.8 Å². The lowest BCUT2D eigenvalue weighted by Gasteiger charge is -2.46. The summed E-state index contributed by atoms with van der Waals surface area (Å²) in [7, 11) is 0. The first-order valence-corrected chi connectivity index (χ1v) is 7.65. The van der Waals surface area contributed by atoms with Crippen LogP contribution >= 0.6 is 0 Å². The minimum atomic E-state index is -1.35. The molecule has 0 saturated carbocycles. The fraction of sp³-hybridized carbons (Fsp3) is 0.632. The molecule has 0 heterocycles. The molecule has 3 heteroatoms. The van der Waals surface area contributed by atoms with Crippen LogP contribution in [0.5, 0.6) is 0 Å². The van der Waals surface area contributed by atoms with Gasteiger partial charge < -0.3 is 10.2 Å². The van der Waals surface area contributed by atoms with Crippen molar-refractivity contribution in [2.75, 3.05) is 6.61 Å². The van der Waals surface area contributed by atoms with Gasteiger partial charge in [-0.1, -0.05) is 46.5 Å². The van der Waals surface area contributed by atoms with Gasteiger partial charge in [0.1, 0.15) is 0 Å². The molecule has 0 fully saturated rings. The van der Waals surface area contributed by atoms with Gasteiger partial charge in [0.15, 0.2) is 11.4 Å². The largest absolute Gasteiger partial charge is 0.392 e. The topological polar surface area (TPSA) is 57.5 Å². The van der Waals surface area contributed by atoms with Gasteiger partial charge in [-0.05, 0) is 36.5 Å². The van der Waals surface area contributed by atoms with Gasteiger partial charge >= 0.3 is 0 Å². The highest BCUT2D eigenvalue weighted by atomic mass is 16.3. The van der Waals surface area contributed by atoms with Gasteiger partial charge in [-0.3, -0.25) is 4.79 Å². The Kier molecular flexibility index (Phi) is 5.11. The normalized spacial score (nSPS) is 25.9. The second-order valence-electron chi connectivity index (χ2n) is 7.76. The van der Waals surface area contributed by atoms with Crippen LogP contribution in [-0.2, 0) is 4.79 Å². The van der Waals surface area contributed by atoms with E-state index in [0.29, 0.717) is 16.7 Å². The van der Waals surface area contributed by atoms with Crippen molar-refractivity contribution in [2.45, 2.75) is 60.5 Å². The Labute approximate surface area is 134 Å². The van der Waals surface area contributed by atoms with Crippen LogP contribution in [-0.4, -0.2) is 28.2 Å². The van der Waals surface area contributed by atoms with Crippen LogP contribution in [0.25, 0.3) is 0 Å². The maximum atomic E-state index is 12.5. The maximum absolute atomic E-state index is 12.5. The molecule has 22 heavy (non-hydrogen) atoms. The van der Waals surface area contributed by atoms with Gasteiger partial charge in [0.25, 0.3) is 0 Å². The molecule has 1 rings (SSSR count). The van der Waals surface area contributed by atoms with Crippen molar-refractivity contribution in [1.29, 1.82) is 0 Å². The monoisotopic (exact) mass is 304 g/mol. The number of aliphatic hydroxyl groups is 2. The van der Waals surface area contributed by atoms with E-state index in [1.54, 1.807) is 19.9 Å². The molecule has 1 atom stereocenters. The molecule has 1 aliphatic rings. The van der Waals surface area contributed by atoms with Gasteiger partial charge in [-0.15, -0.1) is 0 Å². The van der Waals surface area contributed by atoms with Gasteiger partial charge in [-0.2, -0.15) is 0 Å². The van der Waals surface area contributed by atoms with E-state index in [2.05, 4.69) is 11.8 Å². The SMILES string of the molecule is CC1=C(C(C)(C)C)C(=O)CC(C)(C)C1(O)C#C/C(C)=C\CO. The third-order valence-corrected chi connectivity index (χ3v) is 4.37. The highest BCUT2D eigenvalue weighted by Crippen LogP contribution is 2.48. The second-order valence-corrected chi connectivity index (χ2v) is 7.76. The summed E-state index contributed by atoms with van der Waals surface area (Å²) in [5.41, 5.74) is -0.320. The summed E-state index contributed by atoms with van der Waals surface area (Å²) in [4.78, 5) is 12.5. The first kappa shape index (κ1) is 18.7. The zero-order valence-corrected chi connectivity index (χ0v) is 14.8. The van der Waals surface area contributed by atoms with Crippen molar-refractivity contribution >= 4 is 5.78 Å². The molecule has 3 nitrogen and oxygen atoms in total. The average Bonchev–Trinajstić information content (AvgIpc) is 2.32. The molecule has 122 valence electrons. The zero-order chi connectivity index (χ0) is 17.3. The smallest absolute Gasteiger partial charge is 0.160 e. The van der Waals surface area contributed by atoms with Crippen molar-refractivity contribution in [3.63, 3.8) is 0 Å². The molecule has 0 saturated heterocycles. The van der Waals surface area contributed by atoms with E-state index in [1.807, 2.05) is 34.6 Å². The minimum Gasteiger partial charge on any atom is -0.392 e. The lowest BCUT2D eigenvalue weighted by molar-refractivity contribution is -0.123. The number of rotatable bonds is 1. The van der Waals surface area contributed by atoms with Crippen LogP contribution in [0.2, 0.25) is 0 Å². The Morgan fingerprint density at radius 2 is 1.91 bits per heavy atom. The molecule has 0 aromatic rings. The first-order chi connectivity index (χ1) is 9.87. The van der Waals surface area contributed by atoms with Crippen LogP contribution in [0.3, 0.4) is 0 Å². The molecular formula is C19H28O3. The lowest BCUT2D eigenvalue weighted by atomic mass is 9.59. The van der Waals surface area contributed by atoms with E-state index in [9.17, 15) is 9.90 Å². The zero-order valence-electron chi connectivity index (χ0n) is 14.8. The van der Waals surface area contributed by atoms with Gasteiger partial charge in [0, 0.05) is 17.4 Å². The minimum absolute atomic E-state index is 0.0805. The number of aliphatic hydroxyl groups excluding tert-OH is 1. The number of ketones is 1. The number of carbonyl (C=O) groups excluding carboxylic acids is 1. The van der Waals surface area contributed by atoms with Crippen LogP contribution in [0, 0.1) is 22.7 Å². The van der Waals surface area contributed by atoms with Gasteiger partial charge in [0.2, 0.25) is 0 Å². The van der Waals surface area contributed by atoms with Crippen LogP contribution < -0.4 is 0 Å². The molecule has 2 N–H and O–H groups in total. The summed E-state index contributed by atoms with van der Waals surface area (Å²) >= 11 is 0. The molecular weight excluding hydrogens is 276 g/mol. The van der Waals surface area contributed by atoms with E-state index < -0.39 is 11.0 Å². The summed E-state index contributed by atoms with van der Waals surface area (Å²) in [5, 5.41) is 20.2. The van der Waals surface area contributed by atoms with Gasteiger partial charge in [0.05, 0.1) is 6.61 Å². The van der Waals surface area contributed by atoms with E-state index in [1.165, 1.54) is 0 Å². The van der Waals surface area contributed by atoms with Crippen molar-refractivity contribution in [3.8, 4) is 11.8 Å². The van der Waals surface area contributed by atoms with Crippen LogP contribution in [0.4, 0.5) is 0 Å². The summed E-state index contributed by atoms with van der Waals surface area (Å²) in [6, 6.07) is 0. The fourth-order valence-corrected chi connectivity index (χ4v) is 3.14. The van der Waals surface area contributed by atoms with Crippen molar-refractivity contribution in [1.82, 2.24) is 0 Å². The summed E-state index contributed by atoms with van der Waals surface area (Å²) in [6.45, 7) is 13.2. The molecule has 0 aromatic carbocycles.